The topological polar surface area (TPSA) is 78.3 Å². The zero-order valence-corrected chi connectivity index (χ0v) is 17.0. The normalized spacial score (nSPS) is 13.2. The molecule has 168 valence electrons. The Morgan fingerprint density at radius 2 is 1.88 bits per heavy atom. The Balaban J connectivity index is 1.50. The van der Waals surface area contributed by atoms with Crippen molar-refractivity contribution in [3.63, 3.8) is 0 Å². The van der Waals surface area contributed by atoms with Gasteiger partial charge in [0, 0.05) is 6.54 Å². The first-order valence-electron chi connectivity index (χ1n) is 9.39. The molecule has 7 nitrogen and oxygen atoms in total. The molecule has 0 atom stereocenters. The average molecular weight is 471 g/mol. The van der Waals surface area contributed by atoms with Crippen molar-refractivity contribution >= 4 is 17.5 Å². The third-order valence-electron chi connectivity index (χ3n) is 4.58. The fraction of sp³-hybridized carbons (Fsp3) is 0.250. The number of carbonyl (C=O) groups is 1. The summed E-state index contributed by atoms with van der Waals surface area (Å²) in [6.45, 7) is 0.755. The van der Waals surface area contributed by atoms with E-state index in [1.54, 1.807) is 12.1 Å². The van der Waals surface area contributed by atoms with Gasteiger partial charge in [-0.3, -0.25) is 4.79 Å². The minimum Gasteiger partial charge on any atom is -0.486 e. The Bertz CT molecular complexity index is 1150. The Morgan fingerprint density at radius 1 is 1.16 bits per heavy atom. The molecule has 0 saturated carbocycles. The van der Waals surface area contributed by atoms with E-state index in [-0.39, 0.29) is 18.7 Å². The van der Waals surface area contributed by atoms with Gasteiger partial charge in [0.15, 0.2) is 22.9 Å². The molecule has 1 aliphatic heterocycles. The van der Waals surface area contributed by atoms with Crippen LogP contribution >= 0.6 is 11.6 Å². The molecule has 32 heavy (non-hydrogen) atoms. The van der Waals surface area contributed by atoms with E-state index in [9.17, 15) is 22.4 Å². The quantitative estimate of drug-likeness (QED) is 0.574. The molecule has 0 spiro atoms. The molecule has 1 N–H and O–H groups in total. The van der Waals surface area contributed by atoms with Gasteiger partial charge in [0.1, 0.15) is 19.0 Å². The van der Waals surface area contributed by atoms with Crippen molar-refractivity contribution in [3.05, 3.63) is 64.2 Å². The first-order valence-corrected chi connectivity index (χ1v) is 9.77. The number of carbonyl (C=O) groups excluding carboxylic acids is 1. The lowest BCUT2D eigenvalue weighted by Gasteiger charge is -2.20. The molecule has 12 heteroatoms. The second kappa shape index (κ2) is 8.65. The third kappa shape index (κ3) is 4.47. The molecule has 0 radical (unpaired) electrons. The van der Waals surface area contributed by atoms with Crippen LogP contribution in [0.5, 0.6) is 11.5 Å². The lowest BCUT2D eigenvalue weighted by Crippen LogP contribution is -2.29. The van der Waals surface area contributed by atoms with E-state index in [1.165, 1.54) is 0 Å². The number of nitrogens with one attached hydrogen (secondary N) is 1. The van der Waals surface area contributed by atoms with Crippen LogP contribution in [0, 0.1) is 5.82 Å². The second-order valence-corrected chi connectivity index (χ2v) is 7.19. The Labute approximate surface area is 183 Å². The van der Waals surface area contributed by atoms with Crippen molar-refractivity contribution < 1.29 is 31.8 Å². The Hall–Kier alpha value is -3.34. The van der Waals surface area contributed by atoms with E-state index in [4.69, 9.17) is 21.1 Å². The van der Waals surface area contributed by atoms with Gasteiger partial charge >= 0.3 is 6.18 Å². The molecule has 4 rings (SSSR count). The molecule has 0 unspecified atom stereocenters. The summed E-state index contributed by atoms with van der Waals surface area (Å²) in [5.41, 5.74) is -1.63. The average Bonchev–Trinajstić information content (AvgIpc) is 3.20. The van der Waals surface area contributed by atoms with Crippen molar-refractivity contribution in [1.82, 2.24) is 20.3 Å². The van der Waals surface area contributed by atoms with Crippen molar-refractivity contribution in [2.75, 3.05) is 19.8 Å². The molecule has 1 aliphatic rings. The number of amides is 1. The number of aromatic nitrogens is 3. The number of benzene rings is 2. The van der Waals surface area contributed by atoms with Crippen molar-refractivity contribution in [3.8, 4) is 17.2 Å². The van der Waals surface area contributed by atoms with Gasteiger partial charge in [-0.1, -0.05) is 16.8 Å². The summed E-state index contributed by atoms with van der Waals surface area (Å²) < 4.78 is 65.5. The summed E-state index contributed by atoms with van der Waals surface area (Å²) in [5, 5.41) is 9.59. The molecule has 0 aliphatic carbocycles. The number of fused-ring (bicyclic) bond motifs is 1. The van der Waals surface area contributed by atoms with Crippen LogP contribution in [0.1, 0.15) is 21.7 Å². The van der Waals surface area contributed by atoms with E-state index >= 15 is 0 Å². The highest BCUT2D eigenvalue weighted by molar-refractivity contribution is 6.32. The monoisotopic (exact) mass is 470 g/mol. The van der Waals surface area contributed by atoms with E-state index in [1.807, 2.05) is 0 Å². The van der Waals surface area contributed by atoms with Gasteiger partial charge in [0.05, 0.1) is 10.7 Å². The van der Waals surface area contributed by atoms with Crippen molar-refractivity contribution in [1.29, 1.82) is 0 Å². The van der Waals surface area contributed by atoms with Crippen LogP contribution in [0.3, 0.4) is 0 Å². The maximum Gasteiger partial charge on any atom is 0.435 e. The summed E-state index contributed by atoms with van der Waals surface area (Å²) in [6.07, 6.45) is -4.65. The van der Waals surface area contributed by atoms with Crippen LogP contribution in [0.4, 0.5) is 17.6 Å². The number of rotatable bonds is 5. The number of halogens is 5. The second-order valence-electron chi connectivity index (χ2n) is 6.78. The van der Waals surface area contributed by atoms with Gasteiger partial charge in [-0.05, 0) is 48.4 Å². The highest BCUT2D eigenvalue weighted by Gasteiger charge is 2.42. The summed E-state index contributed by atoms with van der Waals surface area (Å²) in [7, 11) is 0. The lowest BCUT2D eigenvalue weighted by atomic mass is 10.1. The smallest absolute Gasteiger partial charge is 0.435 e. The molecule has 2 heterocycles. The highest BCUT2D eigenvalue weighted by Crippen LogP contribution is 2.38. The zero-order chi connectivity index (χ0) is 22.9. The maximum absolute atomic E-state index is 13.7. The van der Waals surface area contributed by atoms with Crippen LogP contribution in [0.15, 0.2) is 36.4 Å². The van der Waals surface area contributed by atoms with E-state index in [0.717, 1.165) is 24.3 Å². The standard InChI is InChI=1S/C20H15ClF4N4O3/c21-14-9-11(10-15-17(14)32-8-7-31-15)5-6-26-19(30)16-18(20(23,24)25)29(28-27-16)13-3-1-12(22)2-4-13/h1-4,9-10H,5-8H2,(H,26,30). The molecule has 0 fully saturated rings. The fourth-order valence-electron chi connectivity index (χ4n) is 3.16. The lowest BCUT2D eigenvalue weighted by molar-refractivity contribution is -0.143. The van der Waals surface area contributed by atoms with Gasteiger partial charge in [-0.15, -0.1) is 5.10 Å². The predicted molar refractivity (Wildman–Crippen MR) is 105 cm³/mol. The number of nitrogens with zero attached hydrogens (tertiary/aromatic N) is 3. The summed E-state index contributed by atoms with van der Waals surface area (Å²) in [5.74, 6) is -0.779. The molecule has 1 aromatic heterocycles. The molecule has 1 amide bonds. The van der Waals surface area contributed by atoms with E-state index in [2.05, 4.69) is 15.6 Å². The summed E-state index contributed by atoms with van der Waals surface area (Å²) in [4.78, 5) is 12.4. The zero-order valence-electron chi connectivity index (χ0n) is 16.2. The van der Waals surface area contributed by atoms with Crippen LogP contribution in [-0.4, -0.2) is 40.7 Å². The molecular formula is C20H15ClF4N4O3. The van der Waals surface area contributed by atoms with Gasteiger partial charge in [-0.2, -0.15) is 13.2 Å². The largest absolute Gasteiger partial charge is 0.486 e. The molecule has 3 aromatic rings. The number of alkyl halides is 3. The molecular weight excluding hydrogens is 456 g/mol. The Morgan fingerprint density at radius 3 is 2.59 bits per heavy atom. The highest BCUT2D eigenvalue weighted by atomic mass is 35.5. The van der Waals surface area contributed by atoms with E-state index in [0.29, 0.717) is 40.0 Å². The minimum atomic E-state index is -4.92. The van der Waals surface area contributed by atoms with Crippen LogP contribution < -0.4 is 14.8 Å². The van der Waals surface area contributed by atoms with Gasteiger partial charge in [0.25, 0.3) is 5.91 Å². The first kappa shape index (κ1) is 21.9. The maximum atomic E-state index is 13.7. The minimum absolute atomic E-state index is 0.00944. The van der Waals surface area contributed by atoms with Gasteiger partial charge < -0.3 is 14.8 Å². The fourth-order valence-corrected chi connectivity index (χ4v) is 3.45. The van der Waals surface area contributed by atoms with Crippen LogP contribution in [0.25, 0.3) is 5.69 Å². The summed E-state index contributed by atoms with van der Waals surface area (Å²) >= 11 is 6.16. The van der Waals surface area contributed by atoms with Crippen LogP contribution in [0.2, 0.25) is 5.02 Å². The summed E-state index contributed by atoms with van der Waals surface area (Å²) in [6, 6.07) is 7.50. The predicted octanol–water partition coefficient (Wildman–Crippen LogP) is 3.82. The number of hydrogen-bond acceptors (Lipinski definition) is 5. The third-order valence-corrected chi connectivity index (χ3v) is 4.86. The van der Waals surface area contributed by atoms with Crippen molar-refractivity contribution in [2.45, 2.75) is 12.6 Å². The molecule has 0 saturated heterocycles. The SMILES string of the molecule is O=C(NCCc1cc(Cl)c2c(c1)OCCO2)c1nnn(-c2ccc(F)cc2)c1C(F)(F)F. The van der Waals surface area contributed by atoms with Gasteiger partial charge in [0.2, 0.25) is 0 Å². The van der Waals surface area contributed by atoms with Crippen molar-refractivity contribution in [2.24, 2.45) is 0 Å². The Kier molecular flexibility index (Phi) is 5.92. The molecule has 2 aromatic carbocycles. The van der Waals surface area contributed by atoms with Gasteiger partial charge in [-0.25, -0.2) is 9.07 Å². The van der Waals surface area contributed by atoms with E-state index < -0.39 is 29.3 Å². The molecule has 0 bridgehead atoms. The number of ether oxygens (including phenoxy) is 2. The number of hydrogen-bond donors (Lipinski definition) is 1. The van der Waals surface area contributed by atoms with Crippen LogP contribution in [-0.2, 0) is 12.6 Å². The first-order chi connectivity index (χ1) is 15.2.